The lowest BCUT2D eigenvalue weighted by Gasteiger charge is -2.09. The lowest BCUT2D eigenvalue weighted by Crippen LogP contribution is -2.20. The summed E-state index contributed by atoms with van der Waals surface area (Å²) < 4.78 is 0. The van der Waals surface area contributed by atoms with Crippen LogP contribution in [0.2, 0.25) is 5.67 Å². The first-order valence-electron chi connectivity index (χ1n) is 2.27. The monoisotopic (exact) mass is 238 g/mol. The summed E-state index contributed by atoms with van der Waals surface area (Å²) >= 11 is 22.7. The molecule has 0 fully saturated rings. The van der Waals surface area contributed by atoms with Gasteiger partial charge in [-0.1, -0.05) is 5.70 Å². The molecule has 0 aromatic heterocycles. The van der Waals surface area contributed by atoms with Gasteiger partial charge in [-0.15, -0.1) is 28.7 Å². The van der Waals surface area contributed by atoms with E-state index in [4.69, 9.17) is 44.3 Å². The van der Waals surface area contributed by atoms with Crippen LogP contribution in [-0.2, 0) is 0 Å². The van der Waals surface area contributed by atoms with Crippen molar-refractivity contribution in [3.05, 3.63) is 12.3 Å². The minimum absolute atomic E-state index is 0.572. The highest BCUT2D eigenvalue weighted by Crippen LogP contribution is 2.24. The lowest BCUT2D eigenvalue weighted by molar-refractivity contribution is 1.98. The topological polar surface area (TPSA) is 0 Å². The lowest BCUT2D eigenvalue weighted by atomic mass is 11.3. The number of hydrogen-bond donors (Lipinski definition) is 0. The Kier molecular flexibility index (Phi) is 4.89. The van der Waals surface area contributed by atoms with E-state index in [0.29, 0.717) is 5.67 Å². The van der Waals surface area contributed by atoms with Crippen LogP contribution in [-0.4, -0.2) is 14.1 Å². The van der Waals surface area contributed by atoms with Gasteiger partial charge in [0, 0.05) is 0 Å². The zero-order valence-electron chi connectivity index (χ0n) is 4.58. The van der Waals surface area contributed by atoms with Crippen LogP contribution in [0.3, 0.4) is 0 Å². The molecule has 0 aliphatic heterocycles. The van der Waals surface area contributed by atoms with E-state index < -0.39 is 14.1 Å². The molecule has 0 bridgehead atoms. The van der Waals surface area contributed by atoms with Gasteiger partial charge in [-0.3, -0.25) is 0 Å². The molecule has 0 spiro atoms. The van der Waals surface area contributed by atoms with Crippen LogP contribution in [0.25, 0.3) is 0 Å². The molecule has 0 aromatic carbocycles. The molecule has 0 aliphatic rings. The first kappa shape index (κ1) is 10.3. The van der Waals surface area contributed by atoms with E-state index in [1.165, 1.54) is 0 Å². The van der Waals surface area contributed by atoms with Crippen LogP contribution < -0.4 is 0 Å². The van der Waals surface area contributed by atoms with Crippen LogP contribution in [0, 0.1) is 0 Å². The molecule has 0 saturated carbocycles. The number of rotatable bonds is 3. The van der Waals surface area contributed by atoms with Crippen LogP contribution in [0.15, 0.2) is 12.3 Å². The second-order valence-corrected chi connectivity index (χ2v) is 14.4. The van der Waals surface area contributed by atoms with Crippen molar-refractivity contribution in [3.8, 4) is 0 Å². The van der Waals surface area contributed by atoms with Crippen LogP contribution in [0.4, 0.5) is 0 Å². The van der Waals surface area contributed by atoms with Gasteiger partial charge < -0.3 is 0 Å². The molecule has 0 atom stereocenters. The second kappa shape index (κ2) is 4.26. The van der Waals surface area contributed by atoms with Crippen LogP contribution in [0.1, 0.15) is 0 Å². The van der Waals surface area contributed by atoms with E-state index in [0.717, 1.165) is 0 Å². The molecule has 0 nitrogen and oxygen atoms in total. The average Bonchev–Trinajstić information content (AvgIpc) is 1.63. The Labute approximate surface area is 76.2 Å². The molecule has 0 rings (SSSR count). The van der Waals surface area contributed by atoms with Crippen LogP contribution >= 0.6 is 44.3 Å². The SMILES string of the molecule is C=C[Si](Cl)(Cl)C[SiH](Cl)Cl. The van der Waals surface area contributed by atoms with Gasteiger partial charge in [0.15, 0.2) is 0 Å². The van der Waals surface area contributed by atoms with Crippen molar-refractivity contribution in [2.24, 2.45) is 0 Å². The Balaban J connectivity index is 3.71. The maximum absolute atomic E-state index is 5.77. The summed E-state index contributed by atoms with van der Waals surface area (Å²) in [6.45, 7) is 1.25. The van der Waals surface area contributed by atoms with Gasteiger partial charge in [-0.2, -0.15) is 22.2 Å². The molecule has 0 aromatic rings. The van der Waals surface area contributed by atoms with Gasteiger partial charge in [-0.05, 0) is 5.67 Å². The Morgan fingerprint density at radius 3 is 2.00 bits per heavy atom. The zero-order chi connectivity index (χ0) is 7.49. The summed E-state index contributed by atoms with van der Waals surface area (Å²) in [5.41, 5.74) is 2.14. The molecule has 0 radical (unpaired) electrons. The molecular formula is C3H6Cl4Si2. The average molecular weight is 240 g/mol. The maximum Gasteiger partial charge on any atom is 0.272 e. The zero-order valence-corrected chi connectivity index (χ0v) is 9.76. The highest BCUT2D eigenvalue weighted by Gasteiger charge is 2.27. The van der Waals surface area contributed by atoms with Crippen LogP contribution in [0.5, 0.6) is 0 Å². The predicted octanol–water partition coefficient (Wildman–Crippen LogP) is 2.87. The number of halogens is 4. The molecule has 9 heavy (non-hydrogen) atoms. The molecule has 0 amide bonds. The van der Waals surface area contributed by atoms with Crippen molar-refractivity contribution in [1.82, 2.24) is 0 Å². The summed E-state index contributed by atoms with van der Waals surface area (Å²) in [6, 6.07) is 0. The standard InChI is InChI=1S/C3H6Cl4Si2/c1-2-9(6,7)3-8(4)5/h2,8H,1,3H2. The summed E-state index contributed by atoms with van der Waals surface area (Å²) in [6.07, 6.45) is 0. The van der Waals surface area contributed by atoms with E-state index in [9.17, 15) is 0 Å². The molecule has 0 aliphatic carbocycles. The van der Waals surface area contributed by atoms with Crippen molar-refractivity contribution in [2.45, 2.75) is 5.67 Å². The minimum Gasteiger partial charge on any atom is -0.151 e. The molecular weight excluding hydrogens is 234 g/mol. The van der Waals surface area contributed by atoms with E-state index in [2.05, 4.69) is 6.58 Å². The van der Waals surface area contributed by atoms with Crippen molar-refractivity contribution in [2.75, 3.05) is 0 Å². The largest absolute Gasteiger partial charge is 0.272 e. The fraction of sp³-hybridized carbons (Fsp3) is 0.333. The highest BCUT2D eigenvalue weighted by atomic mass is 35.7. The summed E-state index contributed by atoms with van der Waals surface area (Å²) in [4.78, 5) is 0. The molecule has 0 saturated heterocycles. The van der Waals surface area contributed by atoms with Crippen molar-refractivity contribution in [3.63, 3.8) is 0 Å². The van der Waals surface area contributed by atoms with Crippen molar-refractivity contribution >= 4 is 58.4 Å². The first-order valence-corrected chi connectivity index (χ1v) is 10.9. The third-order valence-corrected chi connectivity index (χ3v) is 11.2. The normalized spacial score (nSPS) is 12.1. The van der Waals surface area contributed by atoms with E-state index >= 15 is 0 Å². The molecule has 0 heterocycles. The van der Waals surface area contributed by atoms with Gasteiger partial charge in [0.1, 0.15) is 0 Å². The minimum atomic E-state index is -2.23. The van der Waals surface area contributed by atoms with Gasteiger partial charge in [-0.25, -0.2) is 0 Å². The first-order chi connectivity index (χ1) is 3.98. The fourth-order valence-electron chi connectivity index (χ4n) is 0.289. The van der Waals surface area contributed by atoms with Gasteiger partial charge in [0.2, 0.25) is 7.42 Å². The van der Waals surface area contributed by atoms with E-state index in [1.807, 2.05) is 0 Å². The molecule has 0 N–H and O–H groups in total. The Morgan fingerprint density at radius 2 is 1.89 bits per heavy atom. The maximum atomic E-state index is 5.77. The van der Waals surface area contributed by atoms with E-state index in [1.54, 1.807) is 5.70 Å². The fourth-order valence-corrected chi connectivity index (χ4v) is 12.6. The third kappa shape index (κ3) is 5.76. The van der Waals surface area contributed by atoms with Crippen molar-refractivity contribution in [1.29, 1.82) is 0 Å². The second-order valence-electron chi connectivity index (χ2n) is 1.56. The summed E-state index contributed by atoms with van der Waals surface area (Å²) in [7, 11) is -1.64. The summed E-state index contributed by atoms with van der Waals surface area (Å²) in [5.74, 6) is 0. The van der Waals surface area contributed by atoms with Crippen molar-refractivity contribution < 1.29 is 0 Å². The number of hydrogen-bond acceptors (Lipinski definition) is 0. The third-order valence-electron chi connectivity index (χ3n) is 0.725. The van der Waals surface area contributed by atoms with Gasteiger partial charge in [0.25, 0.3) is 6.69 Å². The Morgan fingerprint density at radius 1 is 1.44 bits per heavy atom. The Hall–Kier alpha value is 1.33. The van der Waals surface area contributed by atoms with E-state index in [-0.39, 0.29) is 0 Å². The summed E-state index contributed by atoms with van der Waals surface area (Å²) in [5, 5.41) is 0. The molecule has 6 heteroatoms. The Bertz CT molecular complexity index is 102. The molecule has 0 unspecified atom stereocenters. The smallest absolute Gasteiger partial charge is 0.151 e. The molecule has 54 valence electrons. The van der Waals surface area contributed by atoms with Gasteiger partial charge in [0.05, 0.1) is 0 Å². The highest BCUT2D eigenvalue weighted by molar-refractivity contribution is 7.53. The van der Waals surface area contributed by atoms with Gasteiger partial charge >= 0.3 is 0 Å². The predicted molar refractivity (Wildman–Crippen MR) is 51.3 cm³/mol. The quantitative estimate of drug-likeness (QED) is 0.525.